The minimum absolute atomic E-state index is 0.509. The van der Waals surface area contributed by atoms with Crippen molar-refractivity contribution in [2.45, 2.75) is 26.4 Å². The van der Waals surface area contributed by atoms with Crippen LogP contribution in [0, 0.1) is 11.7 Å². The molecule has 0 spiro atoms. The average Bonchev–Trinajstić information content (AvgIpc) is 2.22. The van der Waals surface area contributed by atoms with Crippen molar-refractivity contribution < 1.29 is 17.6 Å². The summed E-state index contributed by atoms with van der Waals surface area (Å²) in [5, 5.41) is 3.15. The molecule has 1 rings (SSSR count). The van der Waals surface area contributed by atoms with Crippen LogP contribution in [0.2, 0.25) is 0 Å². The van der Waals surface area contributed by atoms with E-state index in [2.05, 4.69) is 19.2 Å². The third-order valence-electron chi connectivity index (χ3n) is 2.48. The van der Waals surface area contributed by atoms with Gasteiger partial charge in [-0.2, -0.15) is 13.2 Å². The fourth-order valence-electron chi connectivity index (χ4n) is 1.57. The van der Waals surface area contributed by atoms with Crippen LogP contribution in [-0.4, -0.2) is 13.1 Å². The Morgan fingerprint density at radius 2 is 1.89 bits per heavy atom. The molecule has 0 fully saturated rings. The summed E-state index contributed by atoms with van der Waals surface area (Å²) in [4.78, 5) is 0. The van der Waals surface area contributed by atoms with Crippen molar-refractivity contribution in [2.24, 2.45) is 5.92 Å². The van der Waals surface area contributed by atoms with Gasteiger partial charge in [0.05, 0.1) is 5.56 Å². The molecular formula is C13H17F4N. The molecule has 0 aliphatic heterocycles. The highest BCUT2D eigenvalue weighted by Gasteiger charge is 2.33. The lowest BCUT2D eigenvalue weighted by Crippen LogP contribution is -2.22. The first-order chi connectivity index (χ1) is 8.30. The molecule has 5 heteroatoms. The molecular weight excluding hydrogens is 246 g/mol. The smallest absolute Gasteiger partial charge is 0.316 e. The summed E-state index contributed by atoms with van der Waals surface area (Å²) in [6, 6.07) is 3.08. The molecule has 0 atom stereocenters. The molecule has 0 aliphatic carbocycles. The van der Waals surface area contributed by atoms with Crippen LogP contribution in [0.5, 0.6) is 0 Å². The van der Waals surface area contributed by atoms with E-state index in [1.165, 1.54) is 6.07 Å². The molecule has 0 aromatic heterocycles. The van der Waals surface area contributed by atoms with Crippen molar-refractivity contribution >= 4 is 0 Å². The van der Waals surface area contributed by atoms with Gasteiger partial charge in [-0.1, -0.05) is 19.9 Å². The molecule has 0 heterocycles. The van der Waals surface area contributed by atoms with Gasteiger partial charge in [0.15, 0.2) is 0 Å². The number of nitrogens with one attached hydrogen (secondary N) is 1. The summed E-state index contributed by atoms with van der Waals surface area (Å²) in [5.41, 5.74) is -0.641. The minimum atomic E-state index is -4.63. The van der Waals surface area contributed by atoms with Crippen LogP contribution in [-0.2, 0) is 12.6 Å². The second-order valence-electron chi connectivity index (χ2n) is 4.66. The lowest BCUT2D eigenvalue weighted by molar-refractivity contribution is -0.140. The Labute approximate surface area is 104 Å². The van der Waals surface area contributed by atoms with E-state index in [4.69, 9.17) is 0 Å². The van der Waals surface area contributed by atoms with Crippen molar-refractivity contribution in [3.63, 3.8) is 0 Å². The second-order valence-corrected chi connectivity index (χ2v) is 4.66. The molecule has 0 bridgehead atoms. The molecule has 0 unspecified atom stereocenters. The summed E-state index contributed by atoms with van der Waals surface area (Å²) in [6.07, 6.45) is -4.11. The van der Waals surface area contributed by atoms with E-state index in [9.17, 15) is 17.6 Å². The van der Waals surface area contributed by atoms with E-state index in [1.807, 2.05) is 0 Å². The molecule has 1 aromatic rings. The zero-order valence-corrected chi connectivity index (χ0v) is 10.4. The molecule has 0 radical (unpaired) electrons. The van der Waals surface area contributed by atoms with Crippen LogP contribution >= 0.6 is 0 Å². The highest BCUT2D eigenvalue weighted by atomic mass is 19.4. The largest absolute Gasteiger partial charge is 0.419 e. The van der Waals surface area contributed by atoms with Crippen molar-refractivity contribution in [1.29, 1.82) is 0 Å². The monoisotopic (exact) mass is 263 g/mol. The molecule has 1 aromatic carbocycles. The maximum atomic E-state index is 13.2. The number of alkyl halides is 3. The molecule has 102 valence electrons. The van der Waals surface area contributed by atoms with E-state index in [0.29, 0.717) is 24.4 Å². The van der Waals surface area contributed by atoms with E-state index < -0.39 is 17.6 Å². The Kier molecular flexibility index (Phi) is 5.14. The van der Waals surface area contributed by atoms with Gasteiger partial charge in [-0.3, -0.25) is 0 Å². The first-order valence-electron chi connectivity index (χ1n) is 5.87. The van der Waals surface area contributed by atoms with Crippen LogP contribution in [0.4, 0.5) is 17.6 Å². The zero-order chi connectivity index (χ0) is 13.8. The fraction of sp³-hybridized carbons (Fsp3) is 0.538. The highest BCUT2D eigenvalue weighted by molar-refractivity contribution is 5.26. The second kappa shape index (κ2) is 6.18. The normalized spacial score (nSPS) is 12.2. The van der Waals surface area contributed by atoms with Crippen LogP contribution in [0.3, 0.4) is 0 Å². The van der Waals surface area contributed by atoms with Gasteiger partial charge in [0, 0.05) is 0 Å². The average molecular weight is 263 g/mol. The first-order valence-corrected chi connectivity index (χ1v) is 5.87. The van der Waals surface area contributed by atoms with Crippen LogP contribution in [0.1, 0.15) is 25.0 Å². The lowest BCUT2D eigenvalue weighted by atomic mass is 10.1. The predicted octanol–water partition coefficient (Wildman–Crippen LogP) is 3.63. The molecule has 18 heavy (non-hydrogen) atoms. The van der Waals surface area contributed by atoms with Gasteiger partial charge >= 0.3 is 6.18 Å². The SMILES string of the molecule is CC(C)CNCCc1ccc(C(F)(F)F)c(F)c1. The van der Waals surface area contributed by atoms with Crippen LogP contribution in [0.15, 0.2) is 18.2 Å². The Morgan fingerprint density at radius 1 is 1.22 bits per heavy atom. The van der Waals surface area contributed by atoms with Gasteiger partial charge in [-0.25, -0.2) is 4.39 Å². The van der Waals surface area contributed by atoms with E-state index in [0.717, 1.165) is 18.7 Å². The first kappa shape index (κ1) is 15.0. The van der Waals surface area contributed by atoms with Crippen molar-refractivity contribution in [1.82, 2.24) is 5.32 Å². The van der Waals surface area contributed by atoms with Gasteiger partial charge in [0.2, 0.25) is 0 Å². The summed E-state index contributed by atoms with van der Waals surface area (Å²) in [7, 11) is 0. The lowest BCUT2D eigenvalue weighted by Gasteiger charge is -2.10. The Balaban J connectivity index is 2.57. The maximum absolute atomic E-state index is 13.2. The van der Waals surface area contributed by atoms with Gasteiger partial charge in [0.1, 0.15) is 5.82 Å². The van der Waals surface area contributed by atoms with Crippen molar-refractivity contribution in [3.8, 4) is 0 Å². The molecule has 0 saturated carbocycles. The van der Waals surface area contributed by atoms with Crippen LogP contribution in [0.25, 0.3) is 0 Å². The van der Waals surface area contributed by atoms with Gasteiger partial charge in [-0.15, -0.1) is 0 Å². The minimum Gasteiger partial charge on any atom is -0.316 e. The Morgan fingerprint density at radius 3 is 2.39 bits per heavy atom. The summed E-state index contributed by atoms with van der Waals surface area (Å²) < 4.78 is 50.2. The molecule has 0 aliphatic rings. The molecule has 1 nitrogen and oxygen atoms in total. The Bertz CT molecular complexity index is 385. The summed E-state index contributed by atoms with van der Waals surface area (Å²) >= 11 is 0. The third-order valence-corrected chi connectivity index (χ3v) is 2.48. The number of rotatable bonds is 5. The number of hydrogen-bond donors (Lipinski definition) is 1. The van der Waals surface area contributed by atoms with E-state index in [-0.39, 0.29) is 0 Å². The molecule has 0 amide bonds. The van der Waals surface area contributed by atoms with Gasteiger partial charge < -0.3 is 5.32 Å². The van der Waals surface area contributed by atoms with Crippen molar-refractivity contribution in [2.75, 3.05) is 13.1 Å². The van der Waals surface area contributed by atoms with Gasteiger partial charge in [-0.05, 0) is 43.1 Å². The Hall–Kier alpha value is -1.10. The standard InChI is InChI=1S/C13H17F4N/c1-9(2)8-18-6-5-10-3-4-11(12(14)7-10)13(15,16)17/h3-4,7,9,18H,5-6,8H2,1-2H3. The summed E-state index contributed by atoms with van der Waals surface area (Å²) in [5.74, 6) is -0.696. The zero-order valence-electron chi connectivity index (χ0n) is 10.4. The number of halogens is 4. The number of hydrogen-bond acceptors (Lipinski definition) is 1. The number of benzene rings is 1. The highest BCUT2D eigenvalue weighted by Crippen LogP contribution is 2.31. The van der Waals surface area contributed by atoms with E-state index >= 15 is 0 Å². The van der Waals surface area contributed by atoms with Gasteiger partial charge in [0.25, 0.3) is 0 Å². The summed E-state index contributed by atoms with van der Waals surface area (Å²) in [6.45, 7) is 5.59. The topological polar surface area (TPSA) is 12.0 Å². The van der Waals surface area contributed by atoms with Crippen LogP contribution < -0.4 is 5.32 Å². The quantitative estimate of drug-likeness (QED) is 0.632. The van der Waals surface area contributed by atoms with Crippen molar-refractivity contribution in [3.05, 3.63) is 35.1 Å². The van der Waals surface area contributed by atoms with E-state index in [1.54, 1.807) is 0 Å². The fourth-order valence-corrected chi connectivity index (χ4v) is 1.57. The third kappa shape index (κ3) is 4.64. The molecule has 1 N–H and O–H groups in total. The molecule has 0 saturated heterocycles. The predicted molar refractivity (Wildman–Crippen MR) is 62.8 cm³/mol. The maximum Gasteiger partial charge on any atom is 0.419 e.